The second-order valence-electron chi connectivity index (χ2n) is 4.25. The van der Waals surface area contributed by atoms with Crippen LogP contribution in [-0.2, 0) is 0 Å². The van der Waals surface area contributed by atoms with E-state index < -0.39 is 0 Å². The van der Waals surface area contributed by atoms with Crippen molar-refractivity contribution in [2.75, 3.05) is 0 Å². The Bertz CT molecular complexity index is 610. The fourth-order valence-corrected chi connectivity index (χ4v) is 1.69. The highest BCUT2D eigenvalue weighted by atomic mass is 16.5. The van der Waals surface area contributed by atoms with E-state index in [9.17, 15) is 0 Å². The van der Waals surface area contributed by atoms with E-state index in [1.54, 1.807) is 12.1 Å². The normalized spacial score (nSPS) is 9.89. The number of aryl methyl sites for hydroxylation is 2. The molecule has 2 aromatic rings. The van der Waals surface area contributed by atoms with Gasteiger partial charge < -0.3 is 4.74 Å². The van der Waals surface area contributed by atoms with Gasteiger partial charge in [-0.15, -0.1) is 0 Å². The van der Waals surface area contributed by atoms with Gasteiger partial charge in [-0.2, -0.15) is 5.26 Å². The van der Waals surface area contributed by atoms with Gasteiger partial charge in [-0.1, -0.05) is 12.1 Å². The van der Waals surface area contributed by atoms with Crippen LogP contribution in [0.15, 0.2) is 30.5 Å². The Balaban J connectivity index is 2.34. The average molecular weight is 238 g/mol. The maximum absolute atomic E-state index is 8.71. The molecule has 0 saturated carbocycles. The lowest BCUT2D eigenvalue weighted by Gasteiger charge is -2.12. The lowest BCUT2D eigenvalue weighted by atomic mass is 10.1. The molecule has 0 aliphatic heterocycles. The molecule has 3 heteroatoms. The third-order valence-corrected chi connectivity index (χ3v) is 2.95. The number of nitrogens with zero attached hydrogens (tertiary/aromatic N) is 2. The van der Waals surface area contributed by atoms with Crippen LogP contribution < -0.4 is 4.74 Å². The highest BCUT2D eigenvalue weighted by Gasteiger charge is 2.08. The Morgan fingerprint density at radius 3 is 2.39 bits per heavy atom. The second-order valence-corrected chi connectivity index (χ2v) is 4.25. The number of hydrogen-bond donors (Lipinski definition) is 0. The summed E-state index contributed by atoms with van der Waals surface area (Å²) in [5.74, 6) is 1.35. The first kappa shape index (κ1) is 12.1. The van der Waals surface area contributed by atoms with Crippen molar-refractivity contribution in [2.24, 2.45) is 0 Å². The molecule has 1 aromatic heterocycles. The van der Waals surface area contributed by atoms with Crippen molar-refractivity contribution in [3.63, 3.8) is 0 Å². The molecule has 0 saturated heterocycles. The van der Waals surface area contributed by atoms with Crippen LogP contribution in [0, 0.1) is 32.1 Å². The molecular formula is C15H14N2O. The molecule has 0 fully saturated rings. The van der Waals surface area contributed by atoms with Gasteiger partial charge >= 0.3 is 0 Å². The first-order chi connectivity index (χ1) is 8.61. The smallest absolute Gasteiger partial charge is 0.219 e. The average Bonchev–Trinajstić information content (AvgIpc) is 2.40. The lowest BCUT2D eigenvalue weighted by molar-refractivity contribution is 0.455. The largest absolute Gasteiger partial charge is 0.438 e. The zero-order valence-corrected chi connectivity index (χ0v) is 10.7. The molecule has 1 heterocycles. The predicted molar refractivity (Wildman–Crippen MR) is 69.7 cm³/mol. The van der Waals surface area contributed by atoms with E-state index in [0.717, 1.165) is 16.9 Å². The molecule has 0 unspecified atom stereocenters. The van der Waals surface area contributed by atoms with Crippen LogP contribution in [0.25, 0.3) is 0 Å². The minimum atomic E-state index is 0.505. The highest BCUT2D eigenvalue weighted by Crippen LogP contribution is 2.29. The summed E-state index contributed by atoms with van der Waals surface area (Å²) in [6, 6.07) is 9.54. The van der Waals surface area contributed by atoms with E-state index in [1.165, 1.54) is 11.8 Å². The van der Waals surface area contributed by atoms with Crippen LogP contribution in [0.3, 0.4) is 0 Å². The van der Waals surface area contributed by atoms with Crippen molar-refractivity contribution in [1.29, 1.82) is 5.26 Å². The Hall–Kier alpha value is -2.34. The number of hydrogen-bond acceptors (Lipinski definition) is 3. The quantitative estimate of drug-likeness (QED) is 0.801. The summed E-state index contributed by atoms with van der Waals surface area (Å²) in [4.78, 5) is 4.11. The molecule has 1 aromatic carbocycles. The molecule has 3 nitrogen and oxygen atoms in total. The van der Waals surface area contributed by atoms with Gasteiger partial charge in [-0.25, -0.2) is 4.98 Å². The molecule has 0 atom stereocenters. The monoisotopic (exact) mass is 238 g/mol. The van der Waals surface area contributed by atoms with Gasteiger partial charge in [0.2, 0.25) is 5.88 Å². The molecule has 0 bridgehead atoms. The van der Waals surface area contributed by atoms with Gasteiger partial charge in [-0.05, 0) is 43.5 Å². The fraction of sp³-hybridized carbons (Fsp3) is 0.200. The van der Waals surface area contributed by atoms with E-state index in [1.807, 2.05) is 32.9 Å². The zero-order valence-electron chi connectivity index (χ0n) is 10.7. The molecular weight excluding hydrogens is 224 g/mol. The van der Waals surface area contributed by atoms with Gasteiger partial charge in [0.15, 0.2) is 0 Å². The summed E-state index contributed by atoms with van der Waals surface area (Å²) in [5, 5.41) is 8.71. The SMILES string of the molecule is Cc1ccc(C)c(Oc2ccc(C#N)cn2)c1C. The minimum absolute atomic E-state index is 0.505. The maximum Gasteiger partial charge on any atom is 0.219 e. The molecule has 0 aliphatic rings. The summed E-state index contributed by atoms with van der Waals surface area (Å²) in [6.07, 6.45) is 1.51. The van der Waals surface area contributed by atoms with Crippen molar-refractivity contribution in [2.45, 2.75) is 20.8 Å². The summed E-state index contributed by atoms with van der Waals surface area (Å²) in [5.41, 5.74) is 3.90. The van der Waals surface area contributed by atoms with E-state index in [-0.39, 0.29) is 0 Å². The highest BCUT2D eigenvalue weighted by molar-refractivity contribution is 5.46. The van der Waals surface area contributed by atoms with Crippen molar-refractivity contribution < 1.29 is 4.74 Å². The summed E-state index contributed by atoms with van der Waals surface area (Å²) < 4.78 is 5.80. The van der Waals surface area contributed by atoms with Gasteiger partial charge in [-0.3, -0.25) is 0 Å². The fourth-order valence-electron chi connectivity index (χ4n) is 1.69. The van der Waals surface area contributed by atoms with E-state index in [2.05, 4.69) is 11.1 Å². The van der Waals surface area contributed by atoms with Crippen LogP contribution in [0.2, 0.25) is 0 Å². The third-order valence-electron chi connectivity index (χ3n) is 2.95. The number of ether oxygens (including phenoxy) is 1. The number of aromatic nitrogens is 1. The predicted octanol–water partition coefficient (Wildman–Crippen LogP) is 3.67. The van der Waals surface area contributed by atoms with Crippen LogP contribution in [0.5, 0.6) is 11.6 Å². The Morgan fingerprint density at radius 2 is 1.78 bits per heavy atom. The summed E-state index contributed by atoms with van der Waals surface area (Å²) in [7, 11) is 0. The van der Waals surface area contributed by atoms with E-state index in [4.69, 9.17) is 10.00 Å². The zero-order chi connectivity index (χ0) is 13.1. The van der Waals surface area contributed by atoms with Crippen LogP contribution in [-0.4, -0.2) is 4.98 Å². The van der Waals surface area contributed by atoms with Crippen LogP contribution in [0.4, 0.5) is 0 Å². The molecule has 0 aliphatic carbocycles. The molecule has 18 heavy (non-hydrogen) atoms. The van der Waals surface area contributed by atoms with Gasteiger partial charge in [0.25, 0.3) is 0 Å². The number of pyridine rings is 1. The molecule has 90 valence electrons. The van der Waals surface area contributed by atoms with E-state index in [0.29, 0.717) is 11.4 Å². The Morgan fingerprint density at radius 1 is 1.06 bits per heavy atom. The molecule has 0 N–H and O–H groups in total. The van der Waals surface area contributed by atoms with E-state index >= 15 is 0 Å². The number of benzene rings is 1. The third kappa shape index (κ3) is 2.33. The van der Waals surface area contributed by atoms with Crippen molar-refractivity contribution in [3.05, 3.63) is 52.7 Å². The van der Waals surface area contributed by atoms with Crippen molar-refractivity contribution in [1.82, 2.24) is 4.98 Å². The van der Waals surface area contributed by atoms with Gasteiger partial charge in [0.1, 0.15) is 11.8 Å². The lowest BCUT2D eigenvalue weighted by Crippen LogP contribution is -1.95. The molecule has 0 spiro atoms. The minimum Gasteiger partial charge on any atom is -0.438 e. The van der Waals surface area contributed by atoms with Crippen molar-refractivity contribution in [3.8, 4) is 17.7 Å². The van der Waals surface area contributed by atoms with Gasteiger partial charge in [0, 0.05) is 12.3 Å². The molecule has 0 radical (unpaired) electrons. The summed E-state index contributed by atoms with van der Waals surface area (Å²) >= 11 is 0. The maximum atomic E-state index is 8.71. The second kappa shape index (κ2) is 4.89. The van der Waals surface area contributed by atoms with Crippen LogP contribution >= 0.6 is 0 Å². The Kier molecular flexibility index (Phi) is 3.29. The topological polar surface area (TPSA) is 45.9 Å². The first-order valence-corrected chi connectivity index (χ1v) is 5.72. The van der Waals surface area contributed by atoms with Gasteiger partial charge in [0.05, 0.1) is 5.56 Å². The molecule has 0 amide bonds. The Labute approximate surface area is 107 Å². The van der Waals surface area contributed by atoms with Crippen LogP contribution in [0.1, 0.15) is 22.3 Å². The standard InChI is InChI=1S/C15H14N2O/c1-10-4-5-11(2)15(12(10)3)18-14-7-6-13(8-16)9-17-14/h4-7,9H,1-3H3. The molecule has 2 rings (SSSR count). The number of rotatable bonds is 2. The number of nitriles is 1. The van der Waals surface area contributed by atoms with Crippen molar-refractivity contribution >= 4 is 0 Å². The summed E-state index contributed by atoms with van der Waals surface area (Å²) in [6.45, 7) is 6.08. The first-order valence-electron chi connectivity index (χ1n) is 5.72.